The van der Waals surface area contributed by atoms with E-state index in [4.69, 9.17) is 4.98 Å². The molecular formula is C18H21N3S. The molecular weight excluding hydrogens is 290 g/mol. The highest BCUT2D eigenvalue weighted by molar-refractivity contribution is 7.98. The third kappa shape index (κ3) is 2.97. The molecule has 22 heavy (non-hydrogen) atoms. The fraction of sp³-hybridized carbons (Fsp3) is 0.278. The molecule has 0 aliphatic rings. The van der Waals surface area contributed by atoms with Crippen LogP contribution in [0.15, 0.2) is 41.6 Å². The molecule has 0 saturated carbocycles. The summed E-state index contributed by atoms with van der Waals surface area (Å²) in [5.74, 6) is 0.909. The highest BCUT2D eigenvalue weighted by atomic mass is 32.2. The standard InChI is InChI=1S/C18H21N3S/c1-12-9-15-16(10-13(12)2)20-18(19-15)22-11-14-7-5-6-8-17(14)21(3)4/h5-10H,11H2,1-4H3,(H,19,20). The first-order valence-electron chi connectivity index (χ1n) is 7.39. The number of para-hydroxylation sites is 1. The van der Waals surface area contributed by atoms with Gasteiger partial charge in [0.25, 0.3) is 0 Å². The van der Waals surface area contributed by atoms with Crippen LogP contribution < -0.4 is 4.90 Å². The lowest BCUT2D eigenvalue weighted by Gasteiger charge is -2.16. The van der Waals surface area contributed by atoms with Crippen LogP contribution in [0.4, 0.5) is 5.69 Å². The maximum Gasteiger partial charge on any atom is 0.166 e. The Hall–Kier alpha value is -1.94. The van der Waals surface area contributed by atoms with Crippen molar-refractivity contribution >= 4 is 28.5 Å². The van der Waals surface area contributed by atoms with Crippen molar-refractivity contribution in [2.45, 2.75) is 24.8 Å². The van der Waals surface area contributed by atoms with Gasteiger partial charge in [-0.3, -0.25) is 0 Å². The molecule has 0 aliphatic heterocycles. The Bertz CT molecular complexity index is 766. The van der Waals surface area contributed by atoms with Crippen LogP contribution in [-0.2, 0) is 5.75 Å². The van der Waals surface area contributed by atoms with Crippen LogP contribution in [0.5, 0.6) is 0 Å². The van der Waals surface area contributed by atoms with E-state index in [0.717, 1.165) is 21.9 Å². The van der Waals surface area contributed by atoms with Gasteiger partial charge in [0.2, 0.25) is 0 Å². The first kappa shape index (κ1) is 15.0. The van der Waals surface area contributed by atoms with Gasteiger partial charge >= 0.3 is 0 Å². The maximum atomic E-state index is 4.70. The third-order valence-corrected chi connectivity index (χ3v) is 4.84. The second kappa shape index (κ2) is 6.05. The predicted octanol–water partition coefficient (Wildman–Crippen LogP) is 4.54. The van der Waals surface area contributed by atoms with Gasteiger partial charge in [0.1, 0.15) is 0 Å². The number of thioether (sulfide) groups is 1. The molecule has 3 nitrogen and oxygen atoms in total. The quantitative estimate of drug-likeness (QED) is 0.718. The van der Waals surface area contributed by atoms with Crippen molar-refractivity contribution in [3.05, 3.63) is 53.1 Å². The summed E-state index contributed by atoms with van der Waals surface area (Å²) in [5, 5.41) is 0.980. The fourth-order valence-corrected chi connectivity index (χ4v) is 3.41. The van der Waals surface area contributed by atoms with Gasteiger partial charge in [0.15, 0.2) is 5.16 Å². The van der Waals surface area contributed by atoms with Gasteiger partial charge < -0.3 is 9.88 Å². The van der Waals surface area contributed by atoms with Gasteiger partial charge in [-0.15, -0.1) is 0 Å². The van der Waals surface area contributed by atoms with Gasteiger partial charge in [-0.05, 0) is 48.7 Å². The second-order valence-electron chi connectivity index (χ2n) is 5.81. The minimum absolute atomic E-state index is 0.909. The van der Waals surface area contributed by atoms with Gasteiger partial charge in [0.05, 0.1) is 11.0 Å². The van der Waals surface area contributed by atoms with Crippen LogP contribution in [-0.4, -0.2) is 24.1 Å². The fourth-order valence-electron chi connectivity index (χ4n) is 2.53. The number of aromatic amines is 1. The molecule has 0 spiro atoms. The minimum Gasteiger partial charge on any atom is -0.377 e. The molecule has 3 aromatic rings. The third-order valence-electron chi connectivity index (χ3n) is 3.91. The smallest absolute Gasteiger partial charge is 0.166 e. The number of hydrogen-bond acceptors (Lipinski definition) is 3. The van der Waals surface area contributed by atoms with E-state index in [-0.39, 0.29) is 0 Å². The van der Waals surface area contributed by atoms with Crippen LogP contribution in [0.25, 0.3) is 11.0 Å². The summed E-state index contributed by atoms with van der Waals surface area (Å²) in [6.45, 7) is 4.26. The molecule has 0 amide bonds. The number of fused-ring (bicyclic) bond motifs is 1. The van der Waals surface area contributed by atoms with Crippen LogP contribution in [0, 0.1) is 13.8 Å². The molecule has 0 saturated heterocycles. The van der Waals surface area contributed by atoms with E-state index >= 15 is 0 Å². The topological polar surface area (TPSA) is 31.9 Å². The first-order chi connectivity index (χ1) is 10.5. The summed E-state index contributed by atoms with van der Waals surface area (Å²) in [6.07, 6.45) is 0. The maximum absolute atomic E-state index is 4.70. The number of hydrogen-bond donors (Lipinski definition) is 1. The number of benzene rings is 2. The van der Waals surface area contributed by atoms with E-state index < -0.39 is 0 Å². The summed E-state index contributed by atoms with van der Waals surface area (Å²) < 4.78 is 0. The Kier molecular flexibility index (Phi) is 4.12. The van der Waals surface area contributed by atoms with Crippen LogP contribution in [0.1, 0.15) is 16.7 Å². The van der Waals surface area contributed by atoms with Crippen LogP contribution in [0.2, 0.25) is 0 Å². The Morgan fingerprint density at radius 3 is 2.59 bits per heavy atom. The molecule has 1 N–H and O–H groups in total. The zero-order valence-electron chi connectivity index (χ0n) is 13.5. The van der Waals surface area contributed by atoms with Crippen molar-refractivity contribution in [1.82, 2.24) is 9.97 Å². The molecule has 1 aromatic heterocycles. The minimum atomic E-state index is 0.909. The number of H-pyrrole nitrogens is 1. The Balaban J connectivity index is 1.82. The number of rotatable bonds is 4. The molecule has 0 unspecified atom stereocenters. The highest BCUT2D eigenvalue weighted by Crippen LogP contribution is 2.28. The van der Waals surface area contributed by atoms with Crippen molar-refractivity contribution in [2.75, 3.05) is 19.0 Å². The summed E-state index contributed by atoms with van der Waals surface area (Å²) in [5.41, 5.74) is 7.33. The van der Waals surface area contributed by atoms with Crippen molar-refractivity contribution in [2.24, 2.45) is 0 Å². The highest BCUT2D eigenvalue weighted by Gasteiger charge is 2.08. The molecule has 0 fully saturated rings. The lowest BCUT2D eigenvalue weighted by Crippen LogP contribution is -2.10. The van der Waals surface area contributed by atoms with E-state index in [1.54, 1.807) is 11.8 Å². The van der Waals surface area contributed by atoms with Crippen LogP contribution in [0.3, 0.4) is 0 Å². The molecule has 1 heterocycles. The zero-order valence-corrected chi connectivity index (χ0v) is 14.3. The molecule has 2 aromatic carbocycles. The summed E-state index contributed by atoms with van der Waals surface area (Å²) >= 11 is 1.75. The van der Waals surface area contributed by atoms with E-state index in [2.05, 4.69) is 74.2 Å². The van der Waals surface area contributed by atoms with E-state index in [1.807, 2.05) is 0 Å². The number of aromatic nitrogens is 2. The molecule has 0 aliphatic carbocycles. The van der Waals surface area contributed by atoms with E-state index in [1.165, 1.54) is 22.4 Å². The number of imidazole rings is 1. The average Bonchev–Trinajstić information content (AvgIpc) is 2.87. The second-order valence-corrected chi connectivity index (χ2v) is 6.77. The molecule has 114 valence electrons. The zero-order chi connectivity index (χ0) is 15.7. The van der Waals surface area contributed by atoms with Gasteiger partial charge in [0, 0.05) is 25.5 Å². The molecule has 0 radical (unpaired) electrons. The number of aryl methyl sites for hydroxylation is 2. The molecule has 3 rings (SSSR count). The predicted molar refractivity (Wildman–Crippen MR) is 95.9 cm³/mol. The first-order valence-corrected chi connectivity index (χ1v) is 8.38. The normalized spacial score (nSPS) is 11.1. The van der Waals surface area contributed by atoms with Crippen molar-refractivity contribution < 1.29 is 0 Å². The average molecular weight is 311 g/mol. The monoisotopic (exact) mass is 311 g/mol. The molecule has 0 atom stereocenters. The molecule has 4 heteroatoms. The van der Waals surface area contributed by atoms with Crippen molar-refractivity contribution in [1.29, 1.82) is 0 Å². The number of nitrogens with zero attached hydrogens (tertiary/aromatic N) is 2. The van der Waals surface area contributed by atoms with Crippen molar-refractivity contribution in [3.8, 4) is 0 Å². The summed E-state index contributed by atoms with van der Waals surface area (Å²) in [6, 6.07) is 12.8. The lowest BCUT2D eigenvalue weighted by atomic mass is 10.1. The van der Waals surface area contributed by atoms with E-state index in [0.29, 0.717) is 0 Å². The summed E-state index contributed by atoms with van der Waals surface area (Å²) in [7, 11) is 4.16. The Morgan fingerprint density at radius 1 is 1.09 bits per heavy atom. The lowest BCUT2D eigenvalue weighted by molar-refractivity contribution is 1.07. The SMILES string of the molecule is Cc1cc2nc(SCc3ccccc3N(C)C)[nH]c2cc1C. The van der Waals surface area contributed by atoms with Gasteiger partial charge in [-0.1, -0.05) is 30.0 Å². The summed E-state index contributed by atoms with van der Waals surface area (Å²) in [4.78, 5) is 10.3. The van der Waals surface area contributed by atoms with Gasteiger partial charge in [-0.2, -0.15) is 0 Å². The van der Waals surface area contributed by atoms with Crippen LogP contribution >= 0.6 is 11.8 Å². The largest absolute Gasteiger partial charge is 0.377 e. The Morgan fingerprint density at radius 2 is 1.82 bits per heavy atom. The van der Waals surface area contributed by atoms with Gasteiger partial charge in [-0.25, -0.2) is 4.98 Å². The molecule has 0 bridgehead atoms. The van der Waals surface area contributed by atoms with Crippen molar-refractivity contribution in [3.63, 3.8) is 0 Å². The van der Waals surface area contributed by atoms with E-state index in [9.17, 15) is 0 Å². The number of nitrogens with one attached hydrogen (secondary N) is 1. The number of anilines is 1. The Labute approximate surface area is 135 Å².